The van der Waals surface area contributed by atoms with Crippen LogP contribution in [0.3, 0.4) is 0 Å². The van der Waals surface area contributed by atoms with E-state index < -0.39 is 16.0 Å². The normalized spacial score (nSPS) is 11.4. The van der Waals surface area contributed by atoms with E-state index in [1.165, 1.54) is 29.9 Å². The quantitative estimate of drug-likeness (QED) is 0.888. The topological polar surface area (TPSA) is 88.4 Å². The molecule has 2 aromatic rings. The third-order valence-electron chi connectivity index (χ3n) is 2.71. The van der Waals surface area contributed by atoms with Crippen LogP contribution in [0, 0.1) is 0 Å². The summed E-state index contributed by atoms with van der Waals surface area (Å²) in [6.45, 7) is 0. The Morgan fingerprint density at radius 1 is 1.33 bits per heavy atom. The Labute approximate surface area is 131 Å². The summed E-state index contributed by atoms with van der Waals surface area (Å²) >= 11 is 11.7. The summed E-state index contributed by atoms with van der Waals surface area (Å²) in [5.74, 6) is -1.22. The first-order chi connectivity index (χ1) is 9.72. The monoisotopic (exact) mass is 348 g/mol. The van der Waals surface area contributed by atoms with Crippen LogP contribution in [0.5, 0.6) is 0 Å². The molecule has 112 valence electrons. The lowest BCUT2D eigenvalue weighted by molar-refractivity contribution is 0.0686. The van der Waals surface area contributed by atoms with E-state index in [0.717, 1.165) is 6.07 Å². The van der Waals surface area contributed by atoms with E-state index in [1.807, 2.05) is 0 Å². The molecular formula is C12H10Cl2N2O4S. The third-order valence-corrected chi connectivity index (χ3v) is 4.86. The van der Waals surface area contributed by atoms with Crippen molar-refractivity contribution in [2.45, 2.75) is 4.90 Å². The molecule has 21 heavy (non-hydrogen) atoms. The number of hydrogen-bond donors (Lipinski definition) is 2. The highest BCUT2D eigenvalue weighted by Crippen LogP contribution is 2.31. The van der Waals surface area contributed by atoms with Crippen molar-refractivity contribution >= 4 is 44.9 Å². The molecule has 1 heterocycles. The number of aromatic nitrogens is 1. The largest absolute Gasteiger partial charge is 0.477 e. The van der Waals surface area contributed by atoms with E-state index in [2.05, 4.69) is 4.72 Å². The number of rotatable bonds is 4. The molecule has 0 radical (unpaired) electrons. The van der Waals surface area contributed by atoms with Crippen LogP contribution in [-0.4, -0.2) is 24.1 Å². The van der Waals surface area contributed by atoms with Gasteiger partial charge in [-0.05, 0) is 18.2 Å². The predicted octanol–water partition coefficient (Wildman–Crippen LogP) is 2.83. The average molecular weight is 349 g/mol. The Morgan fingerprint density at radius 3 is 2.57 bits per heavy atom. The van der Waals surface area contributed by atoms with Gasteiger partial charge in [0.2, 0.25) is 0 Å². The first-order valence-corrected chi connectivity index (χ1v) is 7.83. The molecule has 0 aliphatic carbocycles. The zero-order valence-corrected chi connectivity index (χ0v) is 13.0. The molecule has 1 aromatic carbocycles. The highest BCUT2D eigenvalue weighted by molar-refractivity contribution is 7.92. The molecule has 0 fully saturated rings. The molecule has 0 amide bonds. The van der Waals surface area contributed by atoms with Gasteiger partial charge in [0.25, 0.3) is 10.0 Å². The highest BCUT2D eigenvalue weighted by Gasteiger charge is 2.21. The van der Waals surface area contributed by atoms with Gasteiger partial charge in [-0.15, -0.1) is 0 Å². The van der Waals surface area contributed by atoms with E-state index >= 15 is 0 Å². The maximum Gasteiger partial charge on any atom is 0.352 e. The second kappa shape index (κ2) is 5.59. The van der Waals surface area contributed by atoms with Crippen molar-refractivity contribution < 1.29 is 18.3 Å². The summed E-state index contributed by atoms with van der Waals surface area (Å²) < 4.78 is 27.9. The van der Waals surface area contributed by atoms with E-state index in [4.69, 9.17) is 28.3 Å². The summed E-state index contributed by atoms with van der Waals surface area (Å²) in [6.07, 6.45) is 1.20. The van der Waals surface area contributed by atoms with Crippen LogP contribution in [0.4, 0.5) is 5.69 Å². The fourth-order valence-corrected chi connectivity index (χ4v) is 3.23. The van der Waals surface area contributed by atoms with Gasteiger partial charge in [0, 0.05) is 13.2 Å². The Balaban J connectivity index is 2.41. The molecule has 0 aliphatic rings. The number of carboxylic acids is 1. The zero-order valence-electron chi connectivity index (χ0n) is 10.7. The van der Waals surface area contributed by atoms with Gasteiger partial charge in [-0.25, -0.2) is 13.2 Å². The lowest BCUT2D eigenvalue weighted by Crippen LogP contribution is -2.12. The van der Waals surface area contributed by atoms with Gasteiger partial charge >= 0.3 is 5.97 Å². The van der Waals surface area contributed by atoms with Crippen LogP contribution in [0.15, 0.2) is 35.4 Å². The van der Waals surface area contributed by atoms with Crippen molar-refractivity contribution in [3.05, 3.63) is 46.2 Å². The first-order valence-electron chi connectivity index (χ1n) is 5.59. The minimum Gasteiger partial charge on any atom is -0.477 e. The van der Waals surface area contributed by atoms with Crippen LogP contribution in [-0.2, 0) is 17.1 Å². The molecule has 0 bridgehead atoms. The van der Waals surface area contributed by atoms with Crippen LogP contribution in [0.2, 0.25) is 10.0 Å². The lowest BCUT2D eigenvalue weighted by atomic mass is 10.3. The van der Waals surface area contributed by atoms with Crippen molar-refractivity contribution in [1.82, 2.24) is 4.57 Å². The molecule has 9 heteroatoms. The van der Waals surface area contributed by atoms with Crippen LogP contribution in [0.1, 0.15) is 10.5 Å². The second-order valence-corrected chi connectivity index (χ2v) is 6.65. The SMILES string of the molecule is Cn1cc(S(=O)(=O)Nc2cccc(Cl)c2Cl)cc1C(=O)O. The standard InChI is InChI=1S/C12H10Cl2N2O4S/c1-16-6-7(5-10(16)12(17)18)21(19,20)15-9-4-2-3-8(13)11(9)14/h2-6,15H,1H3,(H,17,18). The van der Waals surface area contributed by atoms with Crippen molar-refractivity contribution in [2.24, 2.45) is 7.05 Å². The Bertz CT molecular complexity index is 815. The van der Waals surface area contributed by atoms with E-state index in [9.17, 15) is 13.2 Å². The number of aryl methyl sites for hydroxylation is 1. The Kier molecular flexibility index (Phi) is 4.18. The molecular weight excluding hydrogens is 339 g/mol. The number of hydrogen-bond acceptors (Lipinski definition) is 3. The second-order valence-electron chi connectivity index (χ2n) is 4.18. The molecule has 0 atom stereocenters. The van der Waals surface area contributed by atoms with Crippen LogP contribution >= 0.6 is 23.2 Å². The van der Waals surface area contributed by atoms with Crippen LogP contribution < -0.4 is 4.72 Å². The summed E-state index contributed by atoms with van der Waals surface area (Å²) in [5, 5.41) is 9.21. The molecule has 0 aliphatic heterocycles. The molecule has 0 unspecified atom stereocenters. The molecule has 2 N–H and O–H groups in total. The minimum absolute atomic E-state index is 0.0668. The molecule has 2 rings (SSSR count). The minimum atomic E-state index is -3.97. The number of anilines is 1. The molecule has 0 spiro atoms. The fourth-order valence-electron chi connectivity index (χ4n) is 1.68. The maximum absolute atomic E-state index is 12.2. The van der Waals surface area contributed by atoms with Gasteiger partial charge in [0.05, 0.1) is 15.7 Å². The molecule has 0 saturated heterocycles. The third kappa shape index (κ3) is 3.15. The van der Waals surface area contributed by atoms with Crippen molar-refractivity contribution in [3.63, 3.8) is 0 Å². The number of carboxylic acid groups (broad SMARTS) is 1. The van der Waals surface area contributed by atoms with Gasteiger partial charge in [0.15, 0.2) is 0 Å². The number of benzene rings is 1. The van der Waals surface area contributed by atoms with E-state index in [1.54, 1.807) is 6.07 Å². The summed E-state index contributed by atoms with van der Waals surface area (Å²) in [7, 11) is -2.53. The molecule has 1 aromatic heterocycles. The van der Waals surface area contributed by atoms with Gasteiger partial charge in [-0.1, -0.05) is 29.3 Å². The van der Waals surface area contributed by atoms with Gasteiger partial charge < -0.3 is 9.67 Å². The summed E-state index contributed by atoms with van der Waals surface area (Å²) in [6, 6.07) is 5.57. The fraction of sp³-hybridized carbons (Fsp3) is 0.0833. The lowest BCUT2D eigenvalue weighted by Gasteiger charge is -2.08. The first kappa shape index (κ1) is 15.7. The molecule has 6 nitrogen and oxygen atoms in total. The van der Waals surface area contributed by atoms with Gasteiger partial charge in [-0.2, -0.15) is 0 Å². The Morgan fingerprint density at radius 2 is 2.00 bits per heavy atom. The number of nitrogens with one attached hydrogen (secondary N) is 1. The summed E-state index contributed by atoms with van der Waals surface area (Å²) in [4.78, 5) is 10.8. The maximum atomic E-state index is 12.2. The number of carbonyl (C=O) groups is 1. The number of aromatic carboxylic acids is 1. The summed E-state index contributed by atoms with van der Waals surface area (Å²) in [5.41, 5.74) is -0.0301. The predicted molar refractivity (Wildman–Crippen MR) is 79.6 cm³/mol. The van der Waals surface area contributed by atoms with Gasteiger partial charge in [0.1, 0.15) is 10.6 Å². The smallest absolute Gasteiger partial charge is 0.352 e. The number of nitrogens with zero attached hydrogens (tertiary/aromatic N) is 1. The van der Waals surface area contributed by atoms with Gasteiger partial charge in [-0.3, -0.25) is 4.72 Å². The molecule has 0 saturated carbocycles. The van der Waals surface area contributed by atoms with Crippen molar-refractivity contribution in [2.75, 3.05) is 4.72 Å². The van der Waals surface area contributed by atoms with E-state index in [0.29, 0.717) is 0 Å². The van der Waals surface area contributed by atoms with Crippen LogP contribution in [0.25, 0.3) is 0 Å². The van der Waals surface area contributed by atoms with Crippen molar-refractivity contribution in [3.8, 4) is 0 Å². The number of sulfonamides is 1. The average Bonchev–Trinajstić information content (AvgIpc) is 2.78. The zero-order chi connectivity index (χ0) is 15.8. The van der Waals surface area contributed by atoms with E-state index in [-0.39, 0.29) is 26.3 Å². The highest BCUT2D eigenvalue weighted by atomic mass is 35.5. The number of halogens is 2. The Hall–Kier alpha value is -1.70. The van der Waals surface area contributed by atoms with Crippen molar-refractivity contribution in [1.29, 1.82) is 0 Å².